The lowest BCUT2D eigenvalue weighted by atomic mass is 10.0. The molecule has 0 saturated carbocycles. The maximum absolute atomic E-state index is 12.6. The Balaban J connectivity index is 4.07. The molecule has 0 aromatic heterocycles. The fraction of sp³-hybridized carbons (Fsp3) is 0.935. The van der Waals surface area contributed by atoms with Crippen LogP contribution in [-0.4, -0.2) is 66.3 Å². The third kappa shape index (κ3) is 42.8. The molecule has 0 aliphatic rings. The van der Waals surface area contributed by atoms with Crippen molar-refractivity contribution < 1.29 is 43.0 Å². The van der Waals surface area contributed by atoms with Gasteiger partial charge in [0.1, 0.15) is 12.2 Å². The van der Waals surface area contributed by atoms with E-state index in [1.54, 1.807) is 0 Å². The summed E-state index contributed by atoms with van der Waals surface area (Å²) in [5.74, 6) is -0.380. The number of phosphoric ester groups is 1. The van der Waals surface area contributed by atoms with E-state index in [1.165, 1.54) is 180 Å². The first kappa shape index (κ1) is 55.2. The highest BCUT2D eigenvalue weighted by atomic mass is 31.2. The molecular formula is C46H91O9P. The minimum Gasteiger partial charge on any atom is -0.457 e. The van der Waals surface area contributed by atoms with Crippen molar-refractivity contribution in [3.05, 3.63) is 12.2 Å². The van der Waals surface area contributed by atoms with Gasteiger partial charge in [-0.2, -0.15) is 0 Å². The van der Waals surface area contributed by atoms with E-state index in [0.717, 1.165) is 32.1 Å². The van der Waals surface area contributed by atoms with Gasteiger partial charge in [-0.15, -0.1) is 0 Å². The van der Waals surface area contributed by atoms with Crippen LogP contribution in [-0.2, 0) is 27.9 Å². The number of aliphatic hydroxyl groups excluding tert-OH is 2. The second-order valence-electron chi connectivity index (χ2n) is 16.1. The molecule has 0 spiro atoms. The number of ether oxygens (including phenoxy) is 2. The lowest BCUT2D eigenvalue weighted by Gasteiger charge is -2.20. The number of allylic oxidation sites excluding steroid dienone is 2. The predicted molar refractivity (Wildman–Crippen MR) is 233 cm³/mol. The molecule has 334 valence electrons. The smallest absolute Gasteiger partial charge is 0.457 e. The summed E-state index contributed by atoms with van der Waals surface area (Å²) >= 11 is 0. The van der Waals surface area contributed by atoms with E-state index in [0.29, 0.717) is 6.61 Å². The van der Waals surface area contributed by atoms with Gasteiger partial charge in [-0.3, -0.25) is 13.8 Å². The van der Waals surface area contributed by atoms with Crippen molar-refractivity contribution in [1.29, 1.82) is 0 Å². The fourth-order valence-electron chi connectivity index (χ4n) is 6.82. The number of unbranched alkanes of at least 4 members (excludes halogenated alkanes) is 30. The van der Waals surface area contributed by atoms with Crippen molar-refractivity contribution in [2.24, 2.45) is 0 Å². The lowest BCUT2D eigenvalue weighted by Crippen LogP contribution is -2.29. The Kier molecular flexibility index (Phi) is 43.1. The van der Waals surface area contributed by atoms with Crippen molar-refractivity contribution in [3.63, 3.8) is 0 Å². The molecule has 0 heterocycles. The molecule has 0 aliphatic carbocycles. The van der Waals surface area contributed by atoms with Gasteiger partial charge in [0, 0.05) is 13.0 Å². The Labute approximate surface area is 345 Å². The molecule has 3 N–H and O–H groups in total. The summed E-state index contributed by atoms with van der Waals surface area (Å²) in [4.78, 5) is 22.6. The number of carbonyl (C=O) groups excluding carboxylic acids is 1. The molecule has 0 aliphatic heterocycles. The monoisotopic (exact) mass is 819 g/mol. The van der Waals surface area contributed by atoms with E-state index in [2.05, 4.69) is 26.0 Å². The van der Waals surface area contributed by atoms with Crippen LogP contribution in [0.1, 0.15) is 232 Å². The largest absolute Gasteiger partial charge is 0.472 e. The number of phosphoric acid groups is 1. The van der Waals surface area contributed by atoms with Crippen LogP contribution in [0.5, 0.6) is 0 Å². The summed E-state index contributed by atoms with van der Waals surface area (Å²) in [6, 6.07) is 0. The average molecular weight is 819 g/mol. The normalized spacial score (nSPS) is 14.0. The molecule has 3 unspecified atom stereocenters. The molecule has 0 bridgehead atoms. The Morgan fingerprint density at radius 1 is 0.536 bits per heavy atom. The molecule has 0 saturated heterocycles. The van der Waals surface area contributed by atoms with Crippen LogP contribution in [0.15, 0.2) is 12.2 Å². The Bertz CT molecular complexity index is 887. The van der Waals surface area contributed by atoms with Crippen LogP contribution in [0.4, 0.5) is 0 Å². The van der Waals surface area contributed by atoms with Crippen LogP contribution >= 0.6 is 7.82 Å². The maximum atomic E-state index is 12.6. The zero-order valence-corrected chi connectivity index (χ0v) is 37.5. The summed E-state index contributed by atoms with van der Waals surface area (Å²) < 4.78 is 33.4. The number of rotatable bonds is 46. The van der Waals surface area contributed by atoms with E-state index >= 15 is 0 Å². The SMILES string of the molecule is CCCCCCCCCC/C=C\CCCCCCCCCCCC(=O)OC(COCCCCCCCCCCCCCCCC)COP(=O)(O)OCC(O)CO. The molecule has 56 heavy (non-hydrogen) atoms. The molecule has 10 heteroatoms. The van der Waals surface area contributed by atoms with Crippen molar-refractivity contribution >= 4 is 13.8 Å². The summed E-state index contributed by atoms with van der Waals surface area (Å²) in [5.41, 5.74) is 0. The van der Waals surface area contributed by atoms with Gasteiger partial charge in [0.05, 0.1) is 26.4 Å². The first-order chi connectivity index (χ1) is 27.3. The van der Waals surface area contributed by atoms with Crippen molar-refractivity contribution in [2.45, 2.75) is 244 Å². The molecule has 0 fully saturated rings. The van der Waals surface area contributed by atoms with Crippen LogP contribution in [0.2, 0.25) is 0 Å². The third-order valence-electron chi connectivity index (χ3n) is 10.5. The maximum Gasteiger partial charge on any atom is 0.472 e. The Morgan fingerprint density at radius 3 is 1.34 bits per heavy atom. The molecule has 0 aromatic carbocycles. The summed E-state index contributed by atoms with van der Waals surface area (Å²) in [5, 5.41) is 18.4. The van der Waals surface area contributed by atoms with E-state index < -0.39 is 33.2 Å². The Hall–Kier alpha value is -0.800. The molecule has 0 aromatic rings. The van der Waals surface area contributed by atoms with Gasteiger partial charge in [0.15, 0.2) is 0 Å². The van der Waals surface area contributed by atoms with E-state index in [1.807, 2.05) is 0 Å². The second kappa shape index (κ2) is 43.8. The molecule has 9 nitrogen and oxygen atoms in total. The van der Waals surface area contributed by atoms with Crippen LogP contribution < -0.4 is 0 Å². The predicted octanol–water partition coefficient (Wildman–Crippen LogP) is 13.3. The standard InChI is InChI=1S/C46H91O9P/c1-3-5-7-9-11-13-15-17-19-20-21-22-23-24-25-26-28-30-32-34-36-38-46(49)55-45(43-54-56(50,51)53-41-44(48)40-47)42-52-39-37-35-33-31-29-27-18-16-14-12-10-8-6-4-2/h20-21,44-45,47-48H,3-19,22-43H2,1-2H3,(H,50,51)/b21-20-. The number of aliphatic hydroxyl groups is 2. The minimum atomic E-state index is -4.51. The van der Waals surface area contributed by atoms with Gasteiger partial charge in [0.25, 0.3) is 0 Å². The van der Waals surface area contributed by atoms with Crippen molar-refractivity contribution in [1.82, 2.24) is 0 Å². The molecule has 0 amide bonds. The number of esters is 1. The lowest BCUT2D eigenvalue weighted by molar-refractivity contribution is -0.154. The minimum absolute atomic E-state index is 0.0546. The third-order valence-corrected chi connectivity index (χ3v) is 11.4. The van der Waals surface area contributed by atoms with Gasteiger partial charge in [0.2, 0.25) is 0 Å². The number of carbonyl (C=O) groups is 1. The van der Waals surface area contributed by atoms with Crippen LogP contribution in [0.25, 0.3) is 0 Å². The quantitative estimate of drug-likeness (QED) is 0.0238. The molecule has 3 atom stereocenters. The van der Waals surface area contributed by atoms with E-state index in [9.17, 15) is 19.4 Å². The zero-order valence-electron chi connectivity index (χ0n) is 36.6. The van der Waals surface area contributed by atoms with Gasteiger partial charge in [-0.05, 0) is 38.5 Å². The Morgan fingerprint density at radius 2 is 0.911 bits per heavy atom. The van der Waals surface area contributed by atoms with E-state index in [-0.39, 0.29) is 25.6 Å². The topological polar surface area (TPSA) is 132 Å². The van der Waals surface area contributed by atoms with Crippen molar-refractivity contribution in [3.8, 4) is 0 Å². The number of hydrogen-bond donors (Lipinski definition) is 3. The highest BCUT2D eigenvalue weighted by molar-refractivity contribution is 7.47. The van der Waals surface area contributed by atoms with Gasteiger partial charge in [-0.25, -0.2) is 4.57 Å². The van der Waals surface area contributed by atoms with Crippen LogP contribution in [0, 0.1) is 0 Å². The average Bonchev–Trinajstić information content (AvgIpc) is 3.19. The van der Waals surface area contributed by atoms with Crippen LogP contribution in [0.3, 0.4) is 0 Å². The van der Waals surface area contributed by atoms with Gasteiger partial charge >= 0.3 is 13.8 Å². The highest BCUT2D eigenvalue weighted by Gasteiger charge is 2.26. The van der Waals surface area contributed by atoms with Crippen molar-refractivity contribution in [2.75, 3.05) is 33.0 Å². The number of hydrogen-bond acceptors (Lipinski definition) is 8. The van der Waals surface area contributed by atoms with Gasteiger partial charge < -0.3 is 24.6 Å². The first-order valence-electron chi connectivity index (χ1n) is 23.7. The molecule has 0 radical (unpaired) electrons. The highest BCUT2D eigenvalue weighted by Crippen LogP contribution is 2.43. The first-order valence-corrected chi connectivity index (χ1v) is 25.2. The summed E-state index contributed by atoms with van der Waals surface area (Å²) in [7, 11) is -4.51. The summed E-state index contributed by atoms with van der Waals surface area (Å²) in [6.07, 6.45) is 44.5. The van der Waals surface area contributed by atoms with Gasteiger partial charge in [-0.1, -0.05) is 199 Å². The van der Waals surface area contributed by atoms with E-state index in [4.69, 9.17) is 23.6 Å². The fourth-order valence-corrected chi connectivity index (χ4v) is 7.61. The summed E-state index contributed by atoms with van der Waals surface area (Å²) in [6.45, 7) is 3.57. The second-order valence-corrected chi connectivity index (χ2v) is 17.6. The molecule has 0 rings (SSSR count). The zero-order chi connectivity index (χ0) is 41.1. The molecular weight excluding hydrogens is 727 g/mol.